The number of hydrogen-bond acceptors (Lipinski definition) is 4. The summed E-state index contributed by atoms with van der Waals surface area (Å²) in [7, 11) is 0. The third-order valence-electron chi connectivity index (χ3n) is 1.83. The quantitative estimate of drug-likeness (QED) is 0.476. The summed E-state index contributed by atoms with van der Waals surface area (Å²) in [6, 6.07) is 0. The van der Waals surface area contributed by atoms with Crippen LogP contribution in [0.5, 0.6) is 0 Å². The lowest BCUT2D eigenvalue weighted by Crippen LogP contribution is -2.35. The highest BCUT2D eigenvalue weighted by Crippen LogP contribution is 2.23. The molecular formula is C6H10O4. The average molecular weight is 146 g/mol. The van der Waals surface area contributed by atoms with Crippen molar-refractivity contribution in [2.24, 2.45) is 0 Å². The van der Waals surface area contributed by atoms with E-state index in [4.69, 9.17) is 9.47 Å². The molecule has 0 aliphatic carbocycles. The van der Waals surface area contributed by atoms with Crippen LogP contribution in [-0.2, 0) is 9.47 Å². The first-order valence-corrected chi connectivity index (χ1v) is 3.38. The van der Waals surface area contributed by atoms with Gasteiger partial charge in [0.2, 0.25) is 0 Å². The number of ether oxygens (including phenoxy) is 2. The van der Waals surface area contributed by atoms with Crippen LogP contribution >= 0.6 is 0 Å². The van der Waals surface area contributed by atoms with Gasteiger partial charge in [0.25, 0.3) is 0 Å². The van der Waals surface area contributed by atoms with E-state index in [1.165, 1.54) is 0 Å². The molecule has 2 N–H and O–H groups in total. The number of hydrogen-bond donors (Lipinski definition) is 2. The summed E-state index contributed by atoms with van der Waals surface area (Å²) in [4.78, 5) is 0. The average Bonchev–Trinajstić information content (AvgIpc) is 2.73. The molecule has 0 bridgehead atoms. The van der Waals surface area contributed by atoms with Crippen LogP contribution in [0, 0.1) is 0 Å². The maximum absolute atomic E-state index is 9.21. The molecule has 0 saturated carbocycles. The Balaban J connectivity index is 1.83. The zero-order valence-corrected chi connectivity index (χ0v) is 5.43. The van der Waals surface area contributed by atoms with Gasteiger partial charge in [0.15, 0.2) is 0 Å². The third-order valence-corrected chi connectivity index (χ3v) is 1.83. The van der Waals surface area contributed by atoms with Crippen molar-refractivity contribution in [2.45, 2.75) is 24.4 Å². The topological polar surface area (TPSA) is 65.5 Å². The Bertz CT molecular complexity index is 114. The normalized spacial score (nSPS) is 42.6. The SMILES string of the molecule is O[C@@H](C1CO1)[C@@H](O)C1CO1. The van der Waals surface area contributed by atoms with E-state index in [9.17, 15) is 10.2 Å². The van der Waals surface area contributed by atoms with Crippen LogP contribution in [0.15, 0.2) is 0 Å². The Labute approximate surface area is 58.4 Å². The summed E-state index contributed by atoms with van der Waals surface area (Å²) >= 11 is 0. The highest BCUT2D eigenvalue weighted by atomic mass is 16.6. The van der Waals surface area contributed by atoms with Crippen molar-refractivity contribution >= 4 is 0 Å². The van der Waals surface area contributed by atoms with Gasteiger partial charge in [0, 0.05) is 0 Å². The van der Waals surface area contributed by atoms with Crippen LogP contribution in [0.2, 0.25) is 0 Å². The largest absolute Gasteiger partial charge is 0.388 e. The molecular weight excluding hydrogens is 136 g/mol. The zero-order chi connectivity index (χ0) is 7.14. The van der Waals surface area contributed by atoms with E-state index < -0.39 is 12.2 Å². The fraction of sp³-hybridized carbons (Fsp3) is 1.00. The van der Waals surface area contributed by atoms with Gasteiger partial charge in [0.1, 0.15) is 24.4 Å². The molecule has 2 saturated heterocycles. The molecule has 4 atom stereocenters. The minimum Gasteiger partial charge on any atom is -0.388 e. The van der Waals surface area contributed by atoms with Gasteiger partial charge in [-0.2, -0.15) is 0 Å². The van der Waals surface area contributed by atoms with E-state index in [0.717, 1.165) is 0 Å². The molecule has 0 aromatic heterocycles. The number of epoxide rings is 2. The molecule has 4 nitrogen and oxygen atoms in total. The van der Waals surface area contributed by atoms with Crippen LogP contribution in [0.3, 0.4) is 0 Å². The van der Waals surface area contributed by atoms with Gasteiger partial charge >= 0.3 is 0 Å². The first-order valence-electron chi connectivity index (χ1n) is 3.38. The van der Waals surface area contributed by atoms with Crippen molar-refractivity contribution in [1.29, 1.82) is 0 Å². The number of aliphatic hydroxyl groups excluding tert-OH is 2. The molecule has 10 heavy (non-hydrogen) atoms. The zero-order valence-electron chi connectivity index (χ0n) is 5.43. The van der Waals surface area contributed by atoms with Crippen molar-refractivity contribution < 1.29 is 19.7 Å². The minimum absolute atomic E-state index is 0.154. The molecule has 0 radical (unpaired) electrons. The molecule has 2 fully saturated rings. The van der Waals surface area contributed by atoms with Gasteiger partial charge in [-0.05, 0) is 0 Å². The lowest BCUT2D eigenvalue weighted by molar-refractivity contribution is -0.0116. The van der Waals surface area contributed by atoms with Crippen molar-refractivity contribution in [2.75, 3.05) is 13.2 Å². The minimum atomic E-state index is -0.757. The lowest BCUT2D eigenvalue weighted by Gasteiger charge is -2.12. The second-order valence-corrected chi connectivity index (χ2v) is 2.72. The van der Waals surface area contributed by atoms with Gasteiger partial charge in [-0.15, -0.1) is 0 Å². The fourth-order valence-corrected chi connectivity index (χ4v) is 0.945. The lowest BCUT2D eigenvalue weighted by atomic mass is 10.1. The molecule has 2 rings (SSSR count). The summed E-state index contributed by atoms with van der Waals surface area (Å²) in [6.07, 6.45) is -1.82. The van der Waals surface area contributed by atoms with Crippen molar-refractivity contribution in [3.63, 3.8) is 0 Å². The van der Waals surface area contributed by atoms with Gasteiger partial charge in [0.05, 0.1) is 13.2 Å². The van der Waals surface area contributed by atoms with E-state index in [-0.39, 0.29) is 12.2 Å². The summed E-state index contributed by atoms with van der Waals surface area (Å²) < 4.78 is 9.61. The molecule has 0 amide bonds. The van der Waals surface area contributed by atoms with E-state index >= 15 is 0 Å². The number of aliphatic hydroxyl groups is 2. The molecule has 0 aromatic rings. The highest BCUT2D eigenvalue weighted by Gasteiger charge is 2.43. The third kappa shape index (κ3) is 1.15. The molecule has 2 unspecified atom stereocenters. The van der Waals surface area contributed by atoms with Gasteiger partial charge in [-0.1, -0.05) is 0 Å². The summed E-state index contributed by atoms with van der Waals surface area (Å²) in [5.74, 6) is 0. The van der Waals surface area contributed by atoms with Crippen LogP contribution in [0.4, 0.5) is 0 Å². The predicted molar refractivity (Wildman–Crippen MR) is 31.5 cm³/mol. The van der Waals surface area contributed by atoms with Crippen LogP contribution in [0.1, 0.15) is 0 Å². The second kappa shape index (κ2) is 2.17. The molecule has 2 aliphatic heterocycles. The van der Waals surface area contributed by atoms with E-state index in [2.05, 4.69) is 0 Å². The smallest absolute Gasteiger partial charge is 0.111 e. The molecule has 2 heterocycles. The molecule has 0 spiro atoms. The monoisotopic (exact) mass is 146 g/mol. The van der Waals surface area contributed by atoms with Crippen molar-refractivity contribution in [3.05, 3.63) is 0 Å². The Hall–Kier alpha value is -0.160. The van der Waals surface area contributed by atoms with E-state index in [1.54, 1.807) is 0 Å². The Morgan fingerprint density at radius 1 is 1.00 bits per heavy atom. The number of rotatable bonds is 3. The second-order valence-electron chi connectivity index (χ2n) is 2.72. The fourth-order valence-electron chi connectivity index (χ4n) is 0.945. The molecule has 0 aromatic carbocycles. The Morgan fingerprint density at radius 2 is 1.30 bits per heavy atom. The maximum Gasteiger partial charge on any atom is 0.111 e. The van der Waals surface area contributed by atoms with Crippen LogP contribution in [-0.4, -0.2) is 47.8 Å². The summed E-state index contributed by atoms with van der Waals surface area (Å²) in [5.41, 5.74) is 0. The first kappa shape index (κ1) is 6.54. The molecule has 2 aliphatic rings. The Kier molecular flexibility index (Phi) is 1.42. The molecule has 58 valence electrons. The summed E-state index contributed by atoms with van der Waals surface area (Å²) in [6.45, 7) is 1.12. The van der Waals surface area contributed by atoms with Gasteiger partial charge in [-0.25, -0.2) is 0 Å². The van der Waals surface area contributed by atoms with Crippen LogP contribution in [0.25, 0.3) is 0 Å². The standard InChI is InChI=1S/C6H10O4/c7-5(3-1-9-3)6(8)4-2-10-4/h3-8H,1-2H2/t3?,4?,5-,6-/m0/s1. The molecule has 4 heteroatoms. The van der Waals surface area contributed by atoms with Crippen molar-refractivity contribution in [1.82, 2.24) is 0 Å². The van der Waals surface area contributed by atoms with Crippen molar-refractivity contribution in [3.8, 4) is 0 Å². The maximum atomic E-state index is 9.21. The van der Waals surface area contributed by atoms with Gasteiger partial charge < -0.3 is 19.7 Å². The van der Waals surface area contributed by atoms with Crippen LogP contribution < -0.4 is 0 Å². The first-order chi connectivity index (χ1) is 4.79. The Morgan fingerprint density at radius 3 is 1.50 bits per heavy atom. The summed E-state index contributed by atoms with van der Waals surface area (Å²) in [5, 5.41) is 18.4. The highest BCUT2D eigenvalue weighted by molar-refractivity contribution is 4.91. The van der Waals surface area contributed by atoms with Gasteiger partial charge in [-0.3, -0.25) is 0 Å². The predicted octanol–water partition coefficient (Wildman–Crippen LogP) is -1.49. The van der Waals surface area contributed by atoms with E-state index in [0.29, 0.717) is 13.2 Å². The van der Waals surface area contributed by atoms with E-state index in [1.807, 2.05) is 0 Å².